The van der Waals surface area contributed by atoms with Gasteiger partial charge in [-0.3, -0.25) is 9.59 Å². The van der Waals surface area contributed by atoms with Crippen LogP contribution in [0.1, 0.15) is 46.6 Å². The van der Waals surface area contributed by atoms with Gasteiger partial charge >= 0.3 is 0 Å². The van der Waals surface area contributed by atoms with Crippen LogP contribution in [-0.2, 0) is 17.6 Å². The Labute approximate surface area is 154 Å². The molecule has 26 heavy (non-hydrogen) atoms. The Hall–Kier alpha value is -2.74. The molecule has 0 saturated carbocycles. The molecule has 0 aliphatic heterocycles. The van der Waals surface area contributed by atoms with E-state index in [0.29, 0.717) is 10.6 Å². The summed E-state index contributed by atoms with van der Waals surface area (Å²) in [6.07, 6.45) is 3.90. The summed E-state index contributed by atoms with van der Waals surface area (Å²) in [5.41, 5.74) is 8.58. The van der Waals surface area contributed by atoms with E-state index in [2.05, 4.69) is 15.6 Å². The molecule has 0 spiro atoms. The summed E-state index contributed by atoms with van der Waals surface area (Å²) in [4.78, 5) is 25.9. The minimum absolute atomic E-state index is 0.248. The number of aromatic nitrogens is 3. The SMILES string of the molecule is CC(C(=O)Nc1sc2c(c1C(N)=O)CCCC2)n1nnc2ccccc21. The predicted molar refractivity (Wildman–Crippen MR) is 100 cm³/mol. The molecule has 2 amide bonds. The van der Waals surface area contributed by atoms with Crippen molar-refractivity contribution < 1.29 is 9.59 Å². The van der Waals surface area contributed by atoms with Crippen LogP contribution in [0.2, 0.25) is 0 Å². The quantitative estimate of drug-likeness (QED) is 0.738. The number of nitrogens with zero attached hydrogens (tertiary/aromatic N) is 3. The van der Waals surface area contributed by atoms with E-state index in [1.54, 1.807) is 11.6 Å². The van der Waals surface area contributed by atoms with Crippen LogP contribution in [-0.4, -0.2) is 26.8 Å². The Kier molecular flexibility index (Phi) is 4.20. The maximum atomic E-state index is 12.8. The summed E-state index contributed by atoms with van der Waals surface area (Å²) in [5.74, 6) is -0.736. The molecule has 4 rings (SSSR count). The zero-order chi connectivity index (χ0) is 18.3. The van der Waals surface area contributed by atoms with Gasteiger partial charge in [0.05, 0.1) is 11.1 Å². The first kappa shape index (κ1) is 16.7. The molecule has 1 aromatic carbocycles. The number of nitrogens with one attached hydrogen (secondary N) is 1. The first-order valence-corrected chi connectivity index (χ1v) is 9.43. The number of anilines is 1. The molecule has 1 aliphatic rings. The molecular formula is C18H19N5O2S. The van der Waals surface area contributed by atoms with Crippen LogP contribution >= 0.6 is 11.3 Å². The number of nitrogens with two attached hydrogens (primary N) is 1. The second-order valence-corrected chi connectivity index (χ2v) is 7.57. The van der Waals surface area contributed by atoms with Crippen molar-refractivity contribution in [1.29, 1.82) is 0 Å². The van der Waals surface area contributed by atoms with E-state index in [1.165, 1.54) is 11.3 Å². The fourth-order valence-electron chi connectivity index (χ4n) is 3.42. The van der Waals surface area contributed by atoms with E-state index in [1.807, 2.05) is 24.3 Å². The van der Waals surface area contributed by atoms with Crippen molar-refractivity contribution >= 4 is 39.2 Å². The summed E-state index contributed by atoms with van der Waals surface area (Å²) in [6.45, 7) is 1.76. The van der Waals surface area contributed by atoms with Gasteiger partial charge in [-0.15, -0.1) is 16.4 Å². The Morgan fingerprint density at radius 2 is 2.04 bits per heavy atom. The van der Waals surface area contributed by atoms with E-state index >= 15 is 0 Å². The van der Waals surface area contributed by atoms with Gasteiger partial charge in [-0.1, -0.05) is 17.3 Å². The number of carbonyl (C=O) groups is 2. The van der Waals surface area contributed by atoms with Gasteiger partial charge in [0.1, 0.15) is 16.6 Å². The van der Waals surface area contributed by atoms with E-state index in [9.17, 15) is 9.59 Å². The van der Waals surface area contributed by atoms with Gasteiger partial charge in [-0.05, 0) is 50.3 Å². The Balaban J connectivity index is 1.64. The number of carbonyl (C=O) groups excluding carboxylic acids is 2. The maximum Gasteiger partial charge on any atom is 0.251 e. The highest BCUT2D eigenvalue weighted by Crippen LogP contribution is 2.38. The molecule has 2 heterocycles. The molecule has 8 heteroatoms. The monoisotopic (exact) mass is 369 g/mol. The predicted octanol–water partition coefficient (Wildman–Crippen LogP) is 2.67. The average Bonchev–Trinajstić information content (AvgIpc) is 3.21. The Bertz CT molecular complexity index is 1010. The number of thiophene rings is 1. The molecule has 1 aliphatic carbocycles. The topological polar surface area (TPSA) is 103 Å². The zero-order valence-corrected chi connectivity index (χ0v) is 15.2. The highest BCUT2D eigenvalue weighted by Gasteiger charge is 2.27. The molecule has 1 atom stereocenters. The van der Waals surface area contributed by atoms with E-state index in [-0.39, 0.29) is 5.91 Å². The van der Waals surface area contributed by atoms with Crippen molar-refractivity contribution in [3.8, 4) is 0 Å². The molecule has 0 fully saturated rings. The third-order valence-electron chi connectivity index (χ3n) is 4.78. The molecule has 3 aromatic rings. The summed E-state index contributed by atoms with van der Waals surface area (Å²) in [7, 11) is 0. The standard InChI is InChI=1S/C18H19N5O2S/c1-10(23-13-8-4-3-7-12(13)21-22-23)17(25)20-18-15(16(19)24)11-6-2-5-9-14(11)26-18/h3-4,7-8,10H,2,5-6,9H2,1H3,(H2,19,24)(H,20,25). The second-order valence-electron chi connectivity index (χ2n) is 6.47. The first-order valence-electron chi connectivity index (χ1n) is 8.61. The summed E-state index contributed by atoms with van der Waals surface area (Å²) < 4.78 is 1.59. The lowest BCUT2D eigenvalue weighted by Gasteiger charge is -2.13. The van der Waals surface area contributed by atoms with Crippen molar-refractivity contribution in [2.24, 2.45) is 5.73 Å². The molecule has 7 nitrogen and oxygen atoms in total. The number of fused-ring (bicyclic) bond motifs is 2. The molecule has 0 bridgehead atoms. The van der Waals surface area contributed by atoms with Crippen molar-refractivity contribution in [2.45, 2.75) is 38.6 Å². The highest BCUT2D eigenvalue weighted by atomic mass is 32.1. The number of amides is 2. The van der Waals surface area contributed by atoms with Gasteiger partial charge < -0.3 is 11.1 Å². The number of rotatable bonds is 4. The zero-order valence-electron chi connectivity index (χ0n) is 14.4. The van der Waals surface area contributed by atoms with Crippen molar-refractivity contribution in [2.75, 3.05) is 5.32 Å². The Morgan fingerprint density at radius 1 is 1.27 bits per heavy atom. The smallest absolute Gasteiger partial charge is 0.251 e. The van der Waals surface area contributed by atoms with Gasteiger partial charge in [-0.25, -0.2) is 4.68 Å². The average molecular weight is 369 g/mol. The fourth-order valence-corrected chi connectivity index (χ4v) is 4.71. The fraction of sp³-hybridized carbons (Fsp3) is 0.333. The molecule has 0 radical (unpaired) electrons. The van der Waals surface area contributed by atoms with Crippen LogP contribution in [0.3, 0.4) is 0 Å². The lowest BCUT2D eigenvalue weighted by Crippen LogP contribution is -2.25. The van der Waals surface area contributed by atoms with Crippen LogP contribution in [0.15, 0.2) is 24.3 Å². The summed E-state index contributed by atoms with van der Waals surface area (Å²) >= 11 is 1.46. The van der Waals surface area contributed by atoms with E-state index in [4.69, 9.17) is 5.73 Å². The van der Waals surface area contributed by atoms with Crippen molar-refractivity contribution in [1.82, 2.24) is 15.0 Å². The molecule has 3 N–H and O–H groups in total. The Morgan fingerprint density at radius 3 is 2.85 bits per heavy atom. The molecule has 2 aromatic heterocycles. The maximum absolute atomic E-state index is 12.8. The van der Waals surface area contributed by atoms with E-state index < -0.39 is 11.9 Å². The normalized spacial score (nSPS) is 14.8. The van der Waals surface area contributed by atoms with Gasteiger partial charge in [0, 0.05) is 4.88 Å². The highest BCUT2D eigenvalue weighted by molar-refractivity contribution is 7.17. The minimum Gasteiger partial charge on any atom is -0.365 e. The number of primary amides is 1. The van der Waals surface area contributed by atoms with Gasteiger partial charge in [0.25, 0.3) is 5.91 Å². The van der Waals surface area contributed by atoms with E-state index in [0.717, 1.165) is 47.2 Å². The number of aryl methyl sites for hydroxylation is 1. The molecule has 0 saturated heterocycles. The first-order chi connectivity index (χ1) is 12.6. The van der Waals surface area contributed by atoms with Crippen molar-refractivity contribution in [3.05, 3.63) is 40.3 Å². The lowest BCUT2D eigenvalue weighted by atomic mass is 9.95. The second kappa shape index (κ2) is 6.53. The number of para-hydroxylation sites is 1. The summed E-state index contributed by atoms with van der Waals surface area (Å²) in [5, 5.41) is 11.6. The number of hydrogen-bond donors (Lipinski definition) is 2. The number of benzene rings is 1. The molecule has 1 unspecified atom stereocenters. The van der Waals surface area contributed by atoms with Crippen LogP contribution in [0.4, 0.5) is 5.00 Å². The molecular weight excluding hydrogens is 350 g/mol. The van der Waals surface area contributed by atoms with Gasteiger partial charge in [0.15, 0.2) is 0 Å². The third-order valence-corrected chi connectivity index (χ3v) is 5.99. The number of hydrogen-bond acceptors (Lipinski definition) is 5. The largest absolute Gasteiger partial charge is 0.365 e. The minimum atomic E-state index is -0.567. The van der Waals surface area contributed by atoms with Gasteiger partial charge in [-0.2, -0.15) is 0 Å². The lowest BCUT2D eigenvalue weighted by molar-refractivity contribution is -0.119. The third kappa shape index (κ3) is 2.76. The van der Waals surface area contributed by atoms with Crippen LogP contribution in [0.25, 0.3) is 11.0 Å². The van der Waals surface area contributed by atoms with Crippen molar-refractivity contribution in [3.63, 3.8) is 0 Å². The summed E-state index contributed by atoms with van der Waals surface area (Å²) in [6, 6.07) is 6.91. The van der Waals surface area contributed by atoms with Crippen LogP contribution in [0, 0.1) is 0 Å². The van der Waals surface area contributed by atoms with Crippen LogP contribution in [0.5, 0.6) is 0 Å². The van der Waals surface area contributed by atoms with Gasteiger partial charge in [0.2, 0.25) is 5.91 Å². The molecule has 134 valence electrons. The van der Waals surface area contributed by atoms with Crippen LogP contribution < -0.4 is 11.1 Å².